The average Bonchev–Trinajstić information content (AvgIpc) is 3.29. The van der Waals surface area contributed by atoms with E-state index in [0.717, 1.165) is 12.8 Å². The van der Waals surface area contributed by atoms with Crippen LogP contribution in [0.15, 0.2) is 24.3 Å². The maximum Gasteiger partial charge on any atom is 0.341 e. The molecule has 0 aromatic heterocycles. The number of para-hydroxylation sites is 1. The predicted octanol–water partition coefficient (Wildman–Crippen LogP) is 4.70. The molecule has 0 amide bonds. The van der Waals surface area contributed by atoms with Crippen molar-refractivity contribution < 1.29 is 29.0 Å². The van der Waals surface area contributed by atoms with Gasteiger partial charge in [0.1, 0.15) is 11.3 Å². The Labute approximate surface area is 178 Å². The topological polar surface area (TPSA) is 105 Å². The van der Waals surface area contributed by atoms with Crippen LogP contribution in [0, 0.1) is 10.1 Å². The number of ether oxygens (including phenoxy) is 2. The molecule has 29 heavy (non-hydrogen) atoms. The number of hydrogen-bond acceptors (Lipinski definition) is 9. The molecule has 0 saturated carbocycles. The summed E-state index contributed by atoms with van der Waals surface area (Å²) in [5, 5.41) is 9.11. The Balaban J connectivity index is 0.000000726. The summed E-state index contributed by atoms with van der Waals surface area (Å²) in [6.07, 6.45) is 4.13. The first-order valence-corrected chi connectivity index (χ1v) is 12.0. The summed E-state index contributed by atoms with van der Waals surface area (Å²) >= 11 is 0. The summed E-state index contributed by atoms with van der Waals surface area (Å²) in [4.78, 5) is 37.9. The first kappa shape index (κ1) is 25.1. The molecule has 1 aromatic rings. The summed E-state index contributed by atoms with van der Waals surface area (Å²) in [5.74, 6) is 1.92. The number of unbranched alkanes of at least 4 members (excludes halogenated alkanes) is 2. The number of nitrogens with zero attached hydrogens (tertiary/aromatic N) is 1. The van der Waals surface area contributed by atoms with Gasteiger partial charge in [0.05, 0.1) is 13.2 Å². The van der Waals surface area contributed by atoms with Crippen molar-refractivity contribution in [1.29, 1.82) is 0 Å². The van der Waals surface area contributed by atoms with Crippen molar-refractivity contribution >= 4 is 33.5 Å². The summed E-state index contributed by atoms with van der Waals surface area (Å²) in [7, 11) is 3.98. The first-order chi connectivity index (χ1) is 14.0. The first-order valence-electron chi connectivity index (χ1n) is 9.53. The lowest BCUT2D eigenvalue weighted by atomic mass is 10.2. The van der Waals surface area contributed by atoms with Crippen molar-refractivity contribution in [1.82, 2.24) is 0 Å². The molecule has 1 heterocycles. The van der Waals surface area contributed by atoms with Crippen LogP contribution in [0.3, 0.4) is 0 Å². The van der Waals surface area contributed by atoms with E-state index < -0.39 is 17.0 Å². The number of carbonyl (C=O) groups excluding carboxylic acids is 2. The number of esters is 2. The van der Waals surface area contributed by atoms with Gasteiger partial charge in [-0.1, -0.05) is 47.1 Å². The van der Waals surface area contributed by atoms with Crippen LogP contribution in [0.25, 0.3) is 0 Å². The smallest absolute Gasteiger partial charge is 0.341 e. The molecule has 0 radical (unpaired) electrons. The van der Waals surface area contributed by atoms with Gasteiger partial charge in [0.2, 0.25) is 0 Å². The van der Waals surface area contributed by atoms with Crippen molar-refractivity contribution in [3.63, 3.8) is 0 Å². The van der Waals surface area contributed by atoms with Gasteiger partial charge in [-0.3, -0.25) is 4.79 Å². The van der Waals surface area contributed by atoms with Gasteiger partial charge in [0.15, 0.2) is 0 Å². The minimum atomic E-state index is -0.866. The molecule has 0 spiro atoms. The Morgan fingerprint density at radius 3 is 2.41 bits per heavy atom. The second-order valence-corrected chi connectivity index (χ2v) is 8.67. The van der Waals surface area contributed by atoms with Crippen molar-refractivity contribution in [3.05, 3.63) is 39.9 Å². The Morgan fingerprint density at radius 2 is 1.79 bits per heavy atom. The van der Waals surface area contributed by atoms with Crippen LogP contribution < -0.4 is 4.74 Å². The Morgan fingerprint density at radius 1 is 1.10 bits per heavy atom. The zero-order valence-electron chi connectivity index (χ0n) is 16.5. The molecule has 162 valence electrons. The van der Waals surface area contributed by atoms with E-state index in [1.54, 1.807) is 12.1 Å². The van der Waals surface area contributed by atoms with Crippen LogP contribution >= 0.6 is 21.6 Å². The van der Waals surface area contributed by atoms with Crippen LogP contribution in [-0.2, 0) is 14.4 Å². The maximum absolute atomic E-state index is 12.0. The zero-order valence-corrected chi connectivity index (χ0v) is 18.1. The fourth-order valence-corrected chi connectivity index (χ4v) is 4.46. The molecule has 2 rings (SSSR count). The zero-order chi connectivity index (χ0) is 21.3. The molecule has 1 aromatic carbocycles. The second kappa shape index (κ2) is 15.9. The molecular weight excluding hydrogens is 418 g/mol. The maximum atomic E-state index is 12.0. The van der Waals surface area contributed by atoms with Crippen molar-refractivity contribution in [3.8, 4) is 5.75 Å². The number of hydrogen-bond donors (Lipinski definition) is 0. The molecule has 0 unspecified atom stereocenters. The lowest BCUT2D eigenvalue weighted by Crippen LogP contribution is -2.13. The van der Waals surface area contributed by atoms with Gasteiger partial charge in [-0.05, 0) is 37.8 Å². The highest BCUT2D eigenvalue weighted by Gasteiger charge is 2.16. The van der Waals surface area contributed by atoms with E-state index in [2.05, 4.69) is 4.84 Å². The summed E-state index contributed by atoms with van der Waals surface area (Å²) in [6.45, 7) is 2.02. The Kier molecular flexibility index (Phi) is 13.8. The third kappa shape index (κ3) is 12.3. The SMILES string of the molecule is C1CSSC1.CCCCC(=O)Oc1ccccc1C(=O)OCCCCO[N+](=O)[O-]. The van der Waals surface area contributed by atoms with E-state index in [0.29, 0.717) is 12.8 Å². The molecule has 10 heteroatoms. The number of carbonyl (C=O) groups is 2. The van der Waals surface area contributed by atoms with E-state index in [4.69, 9.17) is 9.47 Å². The monoisotopic (exact) mass is 445 g/mol. The lowest BCUT2D eigenvalue weighted by Gasteiger charge is -2.10. The van der Waals surface area contributed by atoms with E-state index in [1.165, 1.54) is 30.1 Å². The third-order valence-electron chi connectivity index (χ3n) is 3.57. The second-order valence-electron chi connectivity index (χ2n) is 5.97. The van der Waals surface area contributed by atoms with Gasteiger partial charge in [-0.2, -0.15) is 0 Å². The summed E-state index contributed by atoms with van der Waals surface area (Å²) in [5.41, 5.74) is 0.170. The van der Waals surface area contributed by atoms with Crippen LogP contribution in [0.1, 0.15) is 55.8 Å². The molecule has 8 nitrogen and oxygen atoms in total. The van der Waals surface area contributed by atoms with Gasteiger partial charge in [0, 0.05) is 17.9 Å². The lowest BCUT2D eigenvalue weighted by molar-refractivity contribution is -0.757. The molecule has 0 bridgehead atoms. The van der Waals surface area contributed by atoms with Gasteiger partial charge in [-0.25, -0.2) is 4.79 Å². The minimum Gasteiger partial charge on any atom is -0.462 e. The highest BCUT2D eigenvalue weighted by Crippen LogP contribution is 2.29. The third-order valence-corrected chi connectivity index (χ3v) is 6.15. The van der Waals surface area contributed by atoms with E-state index in [1.807, 2.05) is 28.5 Å². The van der Waals surface area contributed by atoms with Crippen molar-refractivity contribution in [2.24, 2.45) is 0 Å². The van der Waals surface area contributed by atoms with Gasteiger partial charge in [0.25, 0.3) is 5.09 Å². The van der Waals surface area contributed by atoms with E-state index in [-0.39, 0.29) is 30.9 Å². The quantitative estimate of drug-likeness (QED) is 0.120. The molecule has 0 atom stereocenters. The largest absolute Gasteiger partial charge is 0.462 e. The Hall–Kier alpha value is -1.94. The molecule has 1 fully saturated rings. The van der Waals surface area contributed by atoms with Gasteiger partial charge >= 0.3 is 11.9 Å². The molecular formula is C19H27NO7S2. The van der Waals surface area contributed by atoms with Crippen molar-refractivity contribution in [2.75, 3.05) is 24.7 Å². The molecule has 0 aliphatic carbocycles. The predicted molar refractivity (Wildman–Crippen MR) is 114 cm³/mol. The molecule has 0 N–H and O–H groups in total. The minimum absolute atomic E-state index is 0.0455. The summed E-state index contributed by atoms with van der Waals surface area (Å²) in [6, 6.07) is 6.35. The molecule has 1 saturated heterocycles. The van der Waals surface area contributed by atoms with Crippen LogP contribution in [0.5, 0.6) is 5.75 Å². The molecule has 1 aliphatic rings. The van der Waals surface area contributed by atoms with Gasteiger partial charge in [-0.15, -0.1) is 10.1 Å². The summed E-state index contributed by atoms with van der Waals surface area (Å²) < 4.78 is 10.3. The van der Waals surface area contributed by atoms with E-state index >= 15 is 0 Å². The fraction of sp³-hybridized carbons (Fsp3) is 0.579. The Bertz CT molecular complexity index is 631. The normalized spacial score (nSPS) is 12.4. The highest BCUT2D eigenvalue weighted by atomic mass is 33.1. The average molecular weight is 446 g/mol. The van der Waals surface area contributed by atoms with Crippen LogP contribution in [0.2, 0.25) is 0 Å². The standard InChI is InChI=1S/C16H21NO7.C3H6S2/c1-2-3-10-15(18)24-14-9-5-4-8-13(14)16(19)22-11-6-7-12-23-17(20)21;1-2-4-5-3-1/h4-5,8-9H,2-3,6-7,10-12H2,1H3;1-3H2. The van der Waals surface area contributed by atoms with Crippen LogP contribution in [0.4, 0.5) is 0 Å². The van der Waals surface area contributed by atoms with Crippen molar-refractivity contribution in [2.45, 2.75) is 45.4 Å². The molecule has 1 aliphatic heterocycles. The number of benzene rings is 1. The van der Waals surface area contributed by atoms with E-state index in [9.17, 15) is 19.7 Å². The van der Waals surface area contributed by atoms with Crippen LogP contribution in [-0.4, -0.2) is 41.7 Å². The number of rotatable bonds is 11. The highest BCUT2D eigenvalue weighted by molar-refractivity contribution is 8.77. The fourth-order valence-electron chi connectivity index (χ4n) is 2.10. The van der Waals surface area contributed by atoms with Gasteiger partial charge < -0.3 is 14.3 Å².